The van der Waals surface area contributed by atoms with E-state index in [0.717, 1.165) is 22.6 Å². The third-order valence-corrected chi connectivity index (χ3v) is 3.56. The second kappa shape index (κ2) is 9.27. The first-order chi connectivity index (χ1) is 13.2. The van der Waals surface area contributed by atoms with Gasteiger partial charge in [-0.25, -0.2) is 4.98 Å². The summed E-state index contributed by atoms with van der Waals surface area (Å²) in [5, 5.41) is 17.6. The Morgan fingerprint density at radius 3 is 2.59 bits per heavy atom. The molecule has 0 spiro atoms. The van der Waals surface area contributed by atoms with Crippen LogP contribution in [-0.2, 0) is 18.1 Å². The quantitative estimate of drug-likeness (QED) is 0.457. The van der Waals surface area contributed by atoms with E-state index in [2.05, 4.69) is 30.8 Å². The van der Waals surface area contributed by atoms with Gasteiger partial charge in [0, 0.05) is 17.8 Å². The highest BCUT2D eigenvalue weighted by Gasteiger charge is 2.04. The fourth-order valence-electron chi connectivity index (χ4n) is 2.17. The van der Waals surface area contributed by atoms with Gasteiger partial charge in [-0.05, 0) is 37.6 Å². The molecule has 0 bridgehead atoms. The van der Waals surface area contributed by atoms with E-state index in [1.54, 1.807) is 12.3 Å². The van der Waals surface area contributed by atoms with E-state index in [9.17, 15) is 0 Å². The predicted octanol–water partition coefficient (Wildman–Crippen LogP) is 2.51. The second-order valence-electron chi connectivity index (χ2n) is 5.53. The minimum absolute atomic E-state index is 0.196. The normalized spacial score (nSPS) is 11.3. The molecule has 2 heterocycles. The summed E-state index contributed by atoms with van der Waals surface area (Å²) in [6, 6.07) is 11.3. The van der Waals surface area contributed by atoms with Crippen LogP contribution in [0.4, 0.5) is 0 Å². The topological polar surface area (TPSA) is 107 Å². The molecule has 0 aliphatic heterocycles. The van der Waals surface area contributed by atoms with E-state index in [1.807, 2.05) is 44.2 Å². The van der Waals surface area contributed by atoms with Gasteiger partial charge >= 0.3 is 0 Å². The van der Waals surface area contributed by atoms with Crippen LogP contribution < -0.4 is 9.47 Å². The zero-order chi connectivity index (χ0) is 18.9. The number of nitrogens with zero attached hydrogens (tertiary/aromatic N) is 5. The van der Waals surface area contributed by atoms with Crippen LogP contribution in [0.25, 0.3) is 0 Å². The summed E-state index contributed by atoms with van der Waals surface area (Å²) in [4.78, 5) is 9.66. The van der Waals surface area contributed by atoms with E-state index in [-0.39, 0.29) is 6.61 Å². The summed E-state index contributed by atoms with van der Waals surface area (Å²) >= 11 is 0. The summed E-state index contributed by atoms with van der Waals surface area (Å²) in [6.45, 7) is 5.03. The van der Waals surface area contributed by atoms with Crippen LogP contribution in [0.2, 0.25) is 0 Å². The smallest absolute Gasteiger partial charge is 0.213 e. The van der Waals surface area contributed by atoms with Crippen molar-refractivity contribution in [2.24, 2.45) is 5.16 Å². The molecule has 2 aromatic heterocycles. The van der Waals surface area contributed by atoms with Gasteiger partial charge in [-0.1, -0.05) is 22.5 Å². The van der Waals surface area contributed by atoms with Crippen molar-refractivity contribution < 1.29 is 14.3 Å². The van der Waals surface area contributed by atoms with Gasteiger partial charge in [0.05, 0.1) is 12.3 Å². The number of rotatable bonds is 9. The van der Waals surface area contributed by atoms with Crippen LogP contribution in [-0.4, -0.2) is 37.9 Å². The zero-order valence-electron chi connectivity index (χ0n) is 15.1. The van der Waals surface area contributed by atoms with Crippen LogP contribution in [0.5, 0.6) is 11.6 Å². The highest BCUT2D eigenvalue weighted by molar-refractivity contribution is 5.98. The number of benzene rings is 1. The zero-order valence-corrected chi connectivity index (χ0v) is 15.1. The van der Waals surface area contributed by atoms with Crippen molar-refractivity contribution >= 4 is 5.71 Å². The minimum Gasteiger partial charge on any atom is -0.494 e. The van der Waals surface area contributed by atoms with Gasteiger partial charge in [0.15, 0.2) is 6.61 Å². The van der Waals surface area contributed by atoms with E-state index >= 15 is 0 Å². The number of pyridine rings is 1. The number of aromatic amines is 1. The van der Waals surface area contributed by atoms with Crippen molar-refractivity contribution in [3.8, 4) is 11.6 Å². The molecule has 0 aliphatic rings. The lowest BCUT2D eigenvalue weighted by Crippen LogP contribution is -2.01. The lowest BCUT2D eigenvalue weighted by molar-refractivity contribution is 0.130. The Morgan fingerprint density at radius 2 is 1.93 bits per heavy atom. The van der Waals surface area contributed by atoms with Crippen molar-refractivity contribution in [1.82, 2.24) is 25.6 Å². The molecule has 0 amide bonds. The molecule has 9 heteroatoms. The van der Waals surface area contributed by atoms with Crippen LogP contribution in [0.15, 0.2) is 47.8 Å². The standard InChI is InChI=1S/C18H20N6O3/c1-3-25-16-7-4-14(5-8-16)11-27-22-13(2)15-6-9-18(19-10-15)26-12-17-20-23-24-21-17/h4-10H,3,11-12H2,1-2H3,(H,20,21,23,24). The van der Waals surface area contributed by atoms with E-state index in [0.29, 0.717) is 24.9 Å². The average molecular weight is 368 g/mol. The summed E-state index contributed by atoms with van der Waals surface area (Å²) in [5.74, 6) is 1.77. The van der Waals surface area contributed by atoms with Crippen molar-refractivity contribution in [2.45, 2.75) is 27.1 Å². The fraction of sp³-hybridized carbons (Fsp3) is 0.278. The molecule has 9 nitrogen and oxygen atoms in total. The van der Waals surface area contributed by atoms with Gasteiger partial charge in [-0.2, -0.15) is 5.21 Å². The first-order valence-corrected chi connectivity index (χ1v) is 8.44. The lowest BCUT2D eigenvalue weighted by Gasteiger charge is -2.06. The molecule has 0 aliphatic carbocycles. The molecule has 0 unspecified atom stereocenters. The highest BCUT2D eigenvalue weighted by Crippen LogP contribution is 2.13. The molecular weight excluding hydrogens is 348 g/mol. The Hall–Kier alpha value is -3.49. The van der Waals surface area contributed by atoms with Gasteiger partial charge in [-0.15, -0.1) is 10.2 Å². The molecule has 0 radical (unpaired) electrons. The summed E-state index contributed by atoms with van der Waals surface area (Å²) in [5.41, 5.74) is 2.57. The van der Waals surface area contributed by atoms with Crippen molar-refractivity contribution in [3.05, 3.63) is 59.5 Å². The molecule has 1 N–H and O–H groups in total. The summed E-state index contributed by atoms with van der Waals surface area (Å²) in [7, 11) is 0. The largest absolute Gasteiger partial charge is 0.494 e. The highest BCUT2D eigenvalue weighted by atomic mass is 16.6. The monoisotopic (exact) mass is 368 g/mol. The Labute approximate surface area is 156 Å². The SMILES string of the molecule is CCOc1ccc(CON=C(C)c2ccc(OCc3nn[nH]n3)nc2)cc1. The predicted molar refractivity (Wildman–Crippen MR) is 97.4 cm³/mol. The van der Waals surface area contributed by atoms with Crippen molar-refractivity contribution in [1.29, 1.82) is 0 Å². The Balaban J connectivity index is 1.49. The van der Waals surface area contributed by atoms with E-state index in [4.69, 9.17) is 14.3 Å². The van der Waals surface area contributed by atoms with Crippen LogP contribution >= 0.6 is 0 Å². The molecular formula is C18H20N6O3. The molecule has 3 rings (SSSR count). The lowest BCUT2D eigenvalue weighted by atomic mass is 10.2. The summed E-state index contributed by atoms with van der Waals surface area (Å²) in [6.07, 6.45) is 1.67. The van der Waals surface area contributed by atoms with Gasteiger partial charge in [0.1, 0.15) is 12.4 Å². The number of H-pyrrole nitrogens is 1. The molecule has 0 fully saturated rings. The number of ether oxygens (including phenoxy) is 2. The Kier molecular flexibility index (Phi) is 6.29. The Morgan fingerprint density at radius 1 is 1.07 bits per heavy atom. The average Bonchev–Trinajstić information content (AvgIpc) is 3.22. The van der Waals surface area contributed by atoms with Crippen LogP contribution in [0, 0.1) is 0 Å². The molecule has 140 valence electrons. The maximum absolute atomic E-state index is 5.47. The maximum Gasteiger partial charge on any atom is 0.213 e. The van der Waals surface area contributed by atoms with Gasteiger partial charge < -0.3 is 14.3 Å². The molecule has 0 saturated carbocycles. The third kappa shape index (κ3) is 5.50. The van der Waals surface area contributed by atoms with Gasteiger partial charge in [0.2, 0.25) is 11.7 Å². The first-order valence-electron chi connectivity index (χ1n) is 8.44. The second-order valence-corrected chi connectivity index (χ2v) is 5.53. The minimum atomic E-state index is 0.196. The molecule has 27 heavy (non-hydrogen) atoms. The fourth-order valence-corrected chi connectivity index (χ4v) is 2.17. The van der Waals surface area contributed by atoms with Crippen LogP contribution in [0.1, 0.15) is 30.8 Å². The molecule has 0 atom stereocenters. The molecule has 3 aromatic rings. The number of hydrogen-bond donors (Lipinski definition) is 1. The number of aromatic nitrogens is 5. The van der Waals surface area contributed by atoms with Gasteiger partial charge in [-0.3, -0.25) is 0 Å². The summed E-state index contributed by atoms with van der Waals surface area (Å²) < 4.78 is 10.9. The first kappa shape index (κ1) is 18.3. The van der Waals surface area contributed by atoms with E-state index < -0.39 is 0 Å². The maximum atomic E-state index is 5.47. The van der Waals surface area contributed by atoms with Crippen molar-refractivity contribution in [3.63, 3.8) is 0 Å². The van der Waals surface area contributed by atoms with E-state index in [1.165, 1.54) is 0 Å². The Bertz CT molecular complexity index is 848. The number of nitrogens with one attached hydrogen (secondary N) is 1. The number of tetrazole rings is 1. The molecule has 1 aromatic carbocycles. The van der Waals surface area contributed by atoms with Crippen LogP contribution in [0.3, 0.4) is 0 Å². The van der Waals surface area contributed by atoms with Crippen molar-refractivity contribution in [2.75, 3.05) is 6.61 Å². The number of oxime groups is 1. The third-order valence-electron chi connectivity index (χ3n) is 3.56. The molecule has 0 saturated heterocycles. The van der Waals surface area contributed by atoms with Gasteiger partial charge in [0.25, 0.3) is 0 Å². The number of hydrogen-bond acceptors (Lipinski definition) is 8.